The second-order valence-electron chi connectivity index (χ2n) is 9.00. The molecule has 2 aliphatic carbocycles. The van der Waals surface area contributed by atoms with Crippen LogP contribution in [-0.4, -0.2) is 23.7 Å². The van der Waals surface area contributed by atoms with Crippen molar-refractivity contribution in [3.8, 4) is 0 Å². The van der Waals surface area contributed by atoms with E-state index in [1.54, 1.807) is 22.3 Å². The van der Waals surface area contributed by atoms with E-state index >= 15 is 0 Å². The molecule has 0 aromatic heterocycles. The maximum absolute atomic E-state index is 2.83. The summed E-state index contributed by atoms with van der Waals surface area (Å²) in [7, 11) is 0. The second kappa shape index (κ2) is 7.23. The van der Waals surface area contributed by atoms with Gasteiger partial charge in [-0.25, -0.2) is 0 Å². The average molecular weight is 345 g/mol. The van der Waals surface area contributed by atoms with Gasteiger partial charge in [-0.3, -0.25) is 0 Å². The zero-order valence-electron chi connectivity index (χ0n) is 16.8. The lowest BCUT2D eigenvalue weighted by molar-refractivity contribution is 0.291. The van der Waals surface area contributed by atoms with Crippen molar-refractivity contribution >= 4 is 6.85 Å². The van der Waals surface area contributed by atoms with Crippen molar-refractivity contribution in [3.05, 3.63) is 70.8 Å². The van der Waals surface area contributed by atoms with Crippen LogP contribution in [0.5, 0.6) is 0 Å². The Kier molecular flexibility index (Phi) is 4.97. The van der Waals surface area contributed by atoms with E-state index in [0.29, 0.717) is 18.9 Å². The van der Waals surface area contributed by atoms with Gasteiger partial charge in [-0.15, -0.1) is 0 Å². The molecule has 2 aromatic rings. The first kappa shape index (κ1) is 17.9. The maximum atomic E-state index is 2.83. The molecule has 2 aliphatic rings. The van der Waals surface area contributed by atoms with Crippen LogP contribution in [0.3, 0.4) is 0 Å². The number of nitrogens with zero attached hydrogens (tertiary/aromatic N) is 1. The van der Waals surface area contributed by atoms with Crippen LogP contribution in [0.25, 0.3) is 0 Å². The van der Waals surface area contributed by atoms with E-state index < -0.39 is 0 Å². The molecule has 4 rings (SSSR count). The smallest absolute Gasteiger partial charge is 0.231 e. The van der Waals surface area contributed by atoms with Gasteiger partial charge in [0.1, 0.15) is 0 Å². The molecule has 2 heteroatoms. The zero-order valence-corrected chi connectivity index (χ0v) is 16.8. The van der Waals surface area contributed by atoms with Gasteiger partial charge in [-0.1, -0.05) is 76.2 Å². The Bertz CT molecular complexity index is 653. The first-order valence-electron chi connectivity index (χ1n) is 10.5. The molecule has 0 spiro atoms. The van der Waals surface area contributed by atoms with Crippen LogP contribution in [0.15, 0.2) is 48.5 Å². The van der Waals surface area contributed by atoms with Crippen molar-refractivity contribution < 1.29 is 0 Å². The zero-order chi connectivity index (χ0) is 18.3. The average Bonchev–Trinajstić information content (AvgIpc) is 3.22. The van der Waals surface area contributed by atoms with Crippen LogP contribution in [0, 0.1) is 0 Å². The third-order valence-corrected chi connectivity index (χ3v) is 6.67. The molecule has 0 saturated heterocycles. The minimum atomic E-state index is 0.590. The molecule has 0 saturated carbocycles. The molecule has 0 amide bonds. The van der Waals surface area contributed by atoms with Crippen molar-refractivity contribution in [2.24, 2.45) is 0 Å². The molecule has 0 N–H and O–H groups in total. The molecule has 0 aliphatic heterocycles. The Labute approximate surface area is 159 Å². The van der Waals surface area contributed by atoms with Crippen LogP contribution < -0.4 is 0 Å². The summed E-state index contributed by atoms with van der Waals surface area (Å²) in [5.41, 5.74) is 6.35. The van der Waals surface area contributed by atoms with Crippen LogP contribution >= 0.6 is 0 Å². The predicted molar refractivity (Wildman–Crippen MR) is 113 cm³/mol. The summed E-state index contributed by atoms with van der Waals surface area (Å²) < 4.78 is 0. The second-order valence-corrected chi connectivity index (χ2v) is 9.00. The maximum Gasteiger partial charge on any atom is 0.231 e. The Morgan fingerprint density at radius 1 is 0.654 bits per heavy atom. The lowest BCUT2D eigenvalue weighted by Crippen LogP contribution is -2.53. The number of hydrogen-bond donors (Lipinski definition) is 0. The first-order chi connectivity index (χ1) is 12.5. The SMILES string of the molecule is CC(C)N(B(C1Cc2ccccc2C1)C1Cc2ccccc2C1)C(C)C. The van der Waals surface area contributed by atoms with Gasteiger partial charge >= 0.3 is 0 Å². The van der Waals surface area contributed by atoms with Crippen molar-refractivity contribution in [3.63, 3.8) is 0 Å². The van der Waals surface area contributed by atoms with Gasteiger partial charge in [0.15, 0.2) is 0 Å². The van der Waals surface area contributed by atoms with E-state index in [2.05, 4.69) is 81.0 Å². The summed E-state index contributed by atoms with van der Waals surface area (Å²) in [5.74, 6) is 1.49. The van der Waals surface area contributed by atoms with Gasteiger partial charge in [-0.2, -0.15) is 0 Å². The Morgan fingerprint density at radius 2 is 0.962 bits per heavy atom. The van der Waals surface area contributed by atoms with Gasteiger partial charge < -0.3 is 4.81 Å². The van der Waals surface area contributed by atoms with Gasteiger partial charge in [-0.05, 0) is 71.7 Å². The fourth-order valence-electron chi connectivity index (χ4n) is 5.83. The normalized spacial score (nSPS) is 17.3. The molecular formula is C24H32BN. The van der Waals surface area contributed by atoms with E-state index in [1.807, 2.05) is 0 Å². The van der Waals surface area contributed by atoms with E-state index in [1.165, 1.54) is 25.7 Å². The molecule has 0 heterocycles. The molecule has 2 aromatic carbocycles. The Balaban J connectivity index is 1.65. The summed E-state index contributed by atoms with van der Waals surface area (Å²) >= 11 is 0. The molecule has 0 atom stereocenters. The standard InChI is InChI=1S/C24H32BN/c1-17(2)26(18(3)4)25(23-13-19-9-5-6-10-20(19)14-23)24-15-21-11-7-8-12-22(21)16-24/h5-12,17-18,23-24H,13-16H2,1-4H3. The quantitative estimate of drug-likeness (QED) is 0.653. The summed E-state index contributed by atoms with van der Waals surface area (Å²) in [4.78, 5) is 2.83. The molecule has 0 unspecified atom stereocenters. The lowest BCUT2D eigenvalue weighted by Gasteiger charge is -2.42. The topological polar surface area (TPSA) is 3.24 Å². The van der Waals surface area contributed by atoms with Gasteiger partial charge in [0, 0.05) is 0 Å². The third-order valence-electron chi connectivity index (χ3n) is 6.67. The summed E-state index contributed by atoms with van der Waals surface area (Å²) in [6.45, 7) is 10.2. The predicted octanol–water partition coefficient (Wildman–Crippen LogP) is 5.43. The van der Waals surface area contributed by atoms with Crippen molar-refractivity contribution in [1.29, 1.82) is 0 Å². The van der Waals surface area contributed by atoms with Crippen molar-refractivity contribution in [2.45, 2.75) is 77.1 Å². The minimum Gasteiger partial charge on any atom is -0.337 e. The molecule has 26 heavy (non-hydrogen) atoms. The molecular weight excluding hydrogens is 313 g/mol. The summed E-state index contributed by atoms with van der Waals surface area (Å²) in [6, 6.07) is 19.4. The minimum absolute atomic E-state index is 0.590. The van der Waals surface area contributed by atoms with E-state index in [-0.39, 0.29) is 0 Å². The molecule has 0 fully saturated rings. The highest BCUT2D eigenvalue weighted by Crippen LogP contribution is 2.43. The molecule has 0 radical (unpaired) electrons. The van der Waals surface area contributed by atoms with E-state index in [0.717, 1.165) is 11.6 Å². The fourth-order valence-corrected chi connectivity index (χ4v) is 5.83. The Hall–Kier alpha value is -1.54. The van der Waals surface area contributed by atoms with Crippen molar-refractivity contribution in [2.75, 3.05) is 0 Å². The fraction of sp³-hybridized carbons (Fsp3) is 0.500. The van der Waals surface area contributed by atoms with Crippen LogP contribution in [-0.2, 0) is 25.7 Å². The largest absolute Gasteiger partial charge is 0.337 e. The van der Waals surface area contributed by atoms with Gasteiger partial charge in [0.2, 0.25) is 6.85 Å². The summed E-state index contributed by atoms with van der Waals surface area (Å²) in [5, 5.41) is 0. The monoisotopic (exact) mass is 345 g/mol. The highest BCUT2D eigenvalue weighted by molar-refractivity contribution is 6.59. The molecule has 0 bridgehead atoms. The van der Waals surface area contributed by atoms with Crippen LogP contribution in [0.4, 0.5) is 0 Å². The van der Waals surface area contributed by atoms with Gasteiger partial charge in [0.05, 0.1) is 0 Å². The lowest BCUT2D eigenvalue weighted by atomic mass is 9.39. The highest BCUT2D eigenvalue weighted by Gasteiger charge is 2.44. The highest BCUT2D eigenvalue weighted by atomic mass is 15.1. The van der Waals surface area contributed by atoms with Crippen LogP contribution in [0.1, 0.15) is 49.9 Å². The number of hydrogen-bond acceptors (Lipinski definition) is 1. The number of rotatable bonds is 5. The first-order valence-corrected chi connectivity index (χ1v) is 10.5. The Morgan fingerprint density at radius 3 is 1.23 bits per heavy atom. The molecule has 136 valence electrons. The number of fused-ring (bicyclic) bond motifs is 2. The molecule has 1 nitrogen and oxygen atoms in total. The number of benzene rings is 2. The van der Waals surface area contributed by atoms with E-state index in [9.17, 15) is 0 Å². The van der Waals surface area contributed by atoms with Crippen molar-refractivity contribution in [1.82, 2.24) is 4.81 Å². The summed E-state index contributed by atoms with van der Waals surface area (Å²) in [6.07, 6.45) is 5.01. The van der Waals surface area contributed by atoms with Gasteiger partial charge in [0.25, 0.3) is 0 Å². The van der Waals surface area contributed by atoms with Crippen LogP contribution in [0.2, 0.25) is 11.6 Å². The van der Waals surface area contributed by atoms with E-state index in [4.69, 9.17) is 0 Å². The third kappa shape index (κ3) is 3.25.